The van der Waals surface area contributed by atoms with Gasteiger partial charge in [-0.15, -0.1) is 0 Å². The Morgan fingerprint density at radius 3 is 2.88 bits per heavy atom. The van der Waals surface area contributed by atoms with Gasteiger partial charge in [-0.2, -0.15) is 0 Å². The van der Waals surface area contributed by atoms with Gasteiger partial charge in [-0.1, -0.05) is 30.7 Å². The highest BCUT2D eigenvalue weighted by molar-refractivity contribution is 7.80. The summed E-state index contributed by atoms with van der Waals surface area (Å²) >= 11 is 10.7. The van der Waals surface area contributed by atoms with E-state index in [2.05, 4.69) is 10.6 Å². The second kappa shape index (κ2) is 6.66. The topological polar surface area (TPSA) is 24.1 Å². The molecule has 0 aliphatic heterocycles. The van der Waals surface area contributed by atoms with Crippen molar-refractivity contribution < 1.29 is 4.39 Å². The minimum atomic E-state index is -0.394. The zero-order chi connectivity index (χ0) is 12.0. The van der Waals surface area contributed by atoms with Crippen molar-refractivity contribution in [3.8, 4) is 0 Å². The van der Waals surface area contributed by atoms with Crippen LogP contribution in [-0.2, 0) is 6.54 Å². The fourth-order valence-electron chi connectivity index (χ4n) is 1.16. The van der Waals surface area contributed by atoms with E-state index < -0.39 is 5.82 Å². The molecule has 0 aliphatic rings. The first-order valence-electron chi connectivity index (χ1n) is 5.09. The quantitative estimate of drug-likeness (QED) is 0.814. The van der Waals surface area contributed by atoms with Crippen LogP contribution in [0.25, 0.3) is 0 Å². The van der Waals surface area contributed by atoms with Crippen molar-refractivity contribution in [2.45, 2.75) is 19.9 Å². The van der Waals surface area contributed by atoms with Crippen molar-refractivity contribution in [2.24, 2.45) is 0 Å². The molecule has 88 valence electrons. The fourth-order valence-corrected chi connectivity index (χ4v) is 1.53. The number of hydrogen-bond donors (Lipinski definition) is 2. The second-order valence-electron chi connectivity index (χ2n) is 3.32. The smallest absolute Gasteiger partial charge is 0.166 e. The van der Waals surface area contributed by atoms with E-state index in [4.69, 9.17) is 23.8 Å². The van der Waals surface area contributed by atoms with Crippen molar-refractivity contribution >= 4 is 28.9 Å². The van der Waals surface area contributed by atoms with Crippen molar-refractivity contribution in [3.05, 3.63) is 34.6 Å². The molecule has 0 saturated carbocycles. The molecule has 0 aliphatic carbocycles. The van der Waals surface area contributed by atoms with Gasteiger partial charge in [-0.05, 0) is 24.7 Å². The summed E-state index contributed by atoms with van der Waals surface area (Å²) in [6, 6.07) is 4.91. The summed E-state index contributed by atoms with van der Waals surface area (Å²) < 4.78 is 13.5. The zero-order valence-corrected chi connectivity index (χ0v) is 10.6. The third-order valence-electron chi connectivity index (χ3n) is 2.01. The number of rotatable bonds is 4. The third kappa shape index (κ3) is 3.94. The molecule has 0 unspecified atom stereocenters. The van der Waals surface area contributed by atoms with Crippen LogP contribution in [-0.4, -0.2) is 11.7 Å². The standard InChI is InChI=1S/C11H14ClFN2S/c1-2-6-14-11(16)15-7-8-4-3-5-9(12)10(8)13/h3-5H,2,6-7H2,1H3,(H2,14,15,16). The molecule has 0 heterocycles. The molecule has 0 fully saturated rings. The average molecular weight is 261 g/mol. The normalized spacial score (nSPS) is 9.94. The van der Waals surface area contributed by atoms with Crippen LogP contribution in [0.15, 0.2) is 18.2 Å². The van der Waals surface area contributed by atoms with E-state index in [0.717, 1.165) is 13.0 Å². The maximum atomic E-state index is 13.5. The Hall–Kier alpha value is -0.870. The summed E-state index contributed by atoms with van der Waals surface area (Å²) in [5, 5.41) is 6.59. The summed E-state index contributed by atoms with van der Waals surface area (Å²) in [6.07, 6.45) is 0.993. The van der Waals surface area contributed by atoms with Crippen LogP contribution in [0.4, 0.5) is 4.39 Å². The monoisotopic (exact) mass is 260 g/mol. The van der Waals surface area contributed by atoms with Gasteiger partial charge in [0.1, 0.15) is 5.82 Å². The maximum absolute atomic E-state index is 13.5. The van der Waals surface area contributed by atoms with E-state index in [1.807, 2.05) is 6.92 Å². The van der Waals surface area contributed by atoms with Gasteiger partial charge in [0.25, 0.3) is 0 Å². The Labute approximate surface area is 105 Å². The maximum Gasteiger partial charge on any atom is 0.166 e. The third-order valence-corrected chi connectivity index (χ3v) is 2.59. The van der Waals surface area contributed by atoms with Gasteiger partial charge < -0.3 is 10.6 Å². The summed E-state index contributed by atoms with van der Waals surface area (Å²) in [5.74, 6) is -0.394. The minimum absolute atomic E-state index is 0.131. The highest BCUT2D eigenvalue weighted by atomic mass is 35.5. The molecule has 2 nitrogen and oxygen atoms in total. The zero-order valence-electron chi connectivity index (χ0n) is 9.02. The van der Waals surface area contributed by atoms with Gasteiger partial charge >= 0.3 is 0 Å². The Balaban J connectivity index is 2.48. The van der Waals surface area contributed by atoms with E-state index in [1.165, 1.54) is 6.07 Å². The molecule has 5 heteroatoms. The van der Waals surface area contributed by atoms with Crippen LogP contribution in [0.5, 0.6) is 0 Å². The second-order valence-corrected chi connectivity index (χ2v) is 4.14. The van der Waals surface area contributed by atoms with Crippen LogP contribution in [0, 0.1) is 5.82 Å². The lowest BCUT2D eigenvalue weighted by Crippen LogP contribution is -2.35. The van der Waals surface area contributed by atoms with Crippen molar-refractivity contribution in [3.63, 3.8) is 0 Å². The number of nitrogens with one attached hydrogen (secondary N) is 2. The molecule has 16 heavy (non-hydrogen) atoms. The number of benzene rings is 1. The van der Waals surface area contributed by atoms with Gasteiger partial charge in [0.15, 0.2) is 5.11 Å². The first-order chi connectivity index (χ1) is 7.65. The van der Waals surface area contributed by atoms with E-state index in [1.54, 1.807) is 12.1 Å². The van der Waals surface area contributed by atoms with E-state index in [-0.39, 0.29) is 5.02 Å². The van der Waals surface area contributed by atoms with Gasteiger partial charge in [0.2, 0.25) is 0 Å². The van der Waals surface area contributed by atoms with Crippen LogP contribution in [0.2, 0.25) is 5.02 Å². The molecule has 2 N–H and O–H groups in total. The number of hydrogen-bond acceptors (Lipinski definition) is 1. The first kappa shape index (κ1) is 13.2. The summed E-state index contributed by atoms with van der Waals surface area (Å²) in [6.45, 7) is 3.19. The van der Waals surface area contributed by atoms with Gasteiger partial charge in [-0.3, -0.25) is 0 Å². The van der Waals surface area contributed by atoms with Crippen LogP contribution in [0.1, 0.15) is 18.9 Å². The predicted molar refractivity (Wildman–Crippen MR) is 69.1 cm³/mol. The van der Waals surface area contributed by atoms with E-state index in [0.29, 0.717) is 17.2 Å². The Morgan fingerprint density at radius 2 is 2.19 bits per heavy atom. The fraction of sp³-hybridized carbons (Fsp3) is 0.364. The lowest BCUT2D eigenvalue weighted by atomic mass is 10.2. The Bertz CT molecular complexity index is 371. The Kier molecular flexibility index (Phi) is 5.49. The molecule has 0 spiro atoms. The van der Waals surface area contributed by atoms with E-state index >= 15 is 0 Å². The van der Waals surface area contributed by atoms with Crippen molar-refractivity contribution in [1.82, 2.24) is 10.6 Å². The predicted octanol–water partition coefficient (Wildman–Crippen LogP) is 2.85. The van der Waals surface area contributed by atoms with Crippen LogP contribution < -0.4 is 10.6 Å². The number of thiocarbonyl (C=S) groups is 1. The molecule has 1 aromatic carbocycles. The highest BCUT2D eigenvalue weighted by Crippen LogP contribution is 2.17. The van der Waals surface area contributed by atoms with Gasteiger partial charge in [0.05, 0.1) is 5.02 Å². The van der Waals surface area contributed by atoms with Crippen molar-refractivity contribution in [1.29, 1.82) is 0 Å². The molecular formula is C11H14ClFN2S. The lowest BCUT2D eigenvalue weighted by molar-refractivity contribution is 0.606. The molecule has 0 radical (unpaired) electrons. The van der Waals surface area contributed by atoms with Crippen molar-refractivity contribution in [2.75, 3.05) is 6.54 Å². The Morgan fingerprint density at radius 1 is 1.44 bits per heavy atom. The summed E-state index contributed by atoms with van der Waals surface area (Å²) in [5.41, 5.74) is 0.508. The summed E-state index contributed by atoms with van der Waals surface area (Å²) in [4.78, 5) is 0. The molecular weight excluding hydrogens is 247 g/mol. The van der Waals surface area contributed by atoms with Crippen LogP contribution in [0.3, 0.4) is 0 Å². The first-order valence-corrected chi connectivity index (χ1v) is 5.88. The van der Waals surface area contributed by atoms with Crippen LogP contribution >= 0.6 is 23.8 Å². The largest absolute Gasteiger partial charge is 0.363 e. The summed E-state index contributed by atoms with van der Waals surface area (Å²) in [7, 11) is 0. The lowest BCUT2D eigenvalue weighted by Gasteiger charge is -2.10. The molecule has 1 aromatic rings. The molecule has 0 bridgehead atoms. The molecule has 0 amide bonds. The molecule has 0 atom stereocenters. The molecule has 0 saturated heterocycles. The number of halogens is 2. The average Bonchev–Trinajstić information content (AvgIpc) is 2.28. The SMILES string of the molecule is CCCNC(=S)NCc1cccc(Cl)c1F. The minimum Gasteiger partial charge on any atom is -0.363 e. The molecule has 0 aromatic heterocycles. The molecule has 1 rings (SSSR count). The highest BCUT2D eigenvalue weighted by Gasteiger charge is 2.05. The van der Waals surface area contributed by atoms with Gasteiger partial charge in [-0.25, -0.2) is 4.39 Å². The van der Waals surface area contributed by atoms with E-state index in [9.17, 15) is 4.39 Å². The van der Waals surface area contributed by atoms with Gasteiger partial charge in [0, 0.05) is 18.7 Å².